The first kappa shape index (κ1) is 18.8. The predicted molar refractivity (Wildman–Crippen MR) is 99.7 cm³/mol. The fourth-order valence-electron chi connectivity index (χ4n) is 3.71. The van der Waals surface area contributed by atoms with Crippen LogP contribution in [0.2, 0.25) is 0 Å². The van der Waals surface area contributed by atoms with Crippen LogP contribution in [0.1, 0.15) is 43.0 Å². The molecule has 1 aromatic rings. The number of nitrogens with zero attached hydrogens (tertiary/aromatic N) is 2. The van der Waals surface area contributed by atoms with Crippen LogP contribution in [-0.4, -0.2) is 47.0 Å². The zero-order valence-electron chi connectivity index (χ0n) is 15.5. The van der Waals surface area contributed by atoms with Gasteiger partial charge < -0.3 is 5.73 Å². The van der Waals surface area contributed by atoms with Crippen molar-refractivity contribution in [2.75, 3.05) is 19.3 Å². The van der Waals surface area contributed by atoms with Gasteiger partial charge in [-0.15, -0.1) is 0 Å². The minimum Gasteiger partial charge on any atom is -0.399 e. The second-order valence-electron chi connectivity index (χ2n) is 7.19. The molecule has 1 heterocycles. The van der Waals surface area contributed by atoms with E-state index in [2.05, 4.69) is 0 Å². The molecule has 0 spiro atoms. The number of imide groups is 2. The van der Waals surface area contributed by atoms with Crippen LogP contribution in [0.25, 0.3) is 0 Å². The van der Waals surface area contributed by atoms with Gasteiger partial charge in [0.05, 0.1) is 6.54 Å². The van der Waals surface area contributed by atoms with Crippen LogP contribution in [-0.2, 0) is 9.59 Å². The second kappa shape index (κ2) is 6.98. The maximum absolute atomic E-state index is 13.2. The maximum atomic E-state index is 13.2. The van der Waals surface area contributed by atoms with Gasteiger partial charge in [-0.05, 0) is 50.3 Å². The van der Waals surface area contributed by atoms with Crippen molar-refractivity contribution >= 4 is 29.3 Å². The Labute approximate surface area is 157 Å². The number of carbonyl (C=O) groups is 4. The van der Waals surface area contributed by atoms with E-state index in [9.17, 15) is 19.2 Å². The number of benzene rings is 1. The van der Waals surface area contributed by atoms with E-state index in [1.165, 1.54) is 13.1 Å². The molecule has 27 heavy (non-hydrogen) atoms. The molecule has 1 aromatic carbocycles. The van der Waals surface area contributed by atoms with E-state index in [1.807, 2.05) is 6.08 Å². The molecule has 0 aromatic heterocycles. The number of hydrogen-bond acceptors (Lipinski definition) is 5. The summed E-state index contributed by atoms with van der Waals surface area (Å²) in [7, 11) is 1.34. The average molecular weight is 369 g/mol. The van der Waals surface area contributed by atoms with Crippen LogP contribution in [0.5, 0.6) is 0 Å². The Hall–Kier alpha value is -2.96. The standard InChI is InChI=1S/C20H23N3O4/c1-20(14-8-4-3-5-9-14)17(25)22(2)19(27)23(18(20)26)12-16(24)13-7-6-10-15(21)11-13/h6-8,10-11H,3-5,9,12,21H2,1-2H3. The van der Waals surface area contributed by atoms with Crippen molar-refractivity contribution in [3.05, 3.63) is 41.5 Å². The zero-order chi connectivity index (χ0) is 19.8. The number of amides is 4. The molecular formula is C20H23N3O4. The molecule has 1 unspecified atom stereocenters. The quantitative estimate of drug-likeness (QED) is 0.380. The van der Waals surface area contributed by atoms with Gasteiger partial charge in [-0.3, -0.25) is 24.2 Å². The van der Waals surface area contributed by atoms with Crippen LogP contribution in [0, 0.1) is 5.41 Å². The Kier molecular flexibility index (Phi) is 4.87. The van der Waals surface area contributed by atoms with Crippen LogP contribution in [0.3, 0.4) is 0 Å². The van der Waals surface area contributed by atoms with Gasteiger partial charge in [0.15, 0.2) is 5.78 Å². The lowest BCUT2D eigenvalue weighted by molar-refractivity contribution is -0.153. The van der Waals surface area contributed by atoms with E-state index < -0.39 is 35.6 Å². The molecule has 1 aliphatic carbocycles. The molecule has 2 aliphatic rings. The van der Waals surface area contributed by atoms with Crippen molar-refractivity contribution in [2.45, 2.75) is 32.6 Å². The fourth-order valence-corrected chi connectivity index (χ4v) is 3.71. The molecule has 0 radical (unpaired) electrons. The third kappa shape index (κ3) is 3.13. The summed E-state index contributed by atoms with van der Waals surface area (Å²) in [5.74, 6) is -1.59. The molecule has 2 N–H and O–H groups in total. The second-order valence-corrected chi connectivity index (χ2v) is 7.19. The number of rotatable bonds is 4. The fraction of sp³-hybridized carbons (Fsp3) is 0.400. The van der Waals surface area contributed by atoms with Gasteiger partial charge in [-0.1, -0.05) is 18.2 Å². The van der Waals surface area contributed by atoms with Crippen molar-refractivity contribution in [3.8, 4) is 0 Å². The first-order chi connectivity index (χ1) is 12.8. The third-order valence-electron chi connectivity index (χ3n) is 5.37. The largest absolute Gasteiger partial charge is 0.399 e. The minimum absolute atomic E-state index is 0.314. The molecule has 0 saturated carbocycles. The number of urea groups is 1. The Balaban J connectivity index is 1.93. The molecule has 4 amide bonds. The number of Topliss-reactive ketones (excluding diaryl/α,β-unsaturated/α-hetero) is 1. The highest BCUT2D eigenvalue weighted by atomic mass is 16.2. The van der Waals surface area contributed by atoms with Gasteiger partial charge in [0.1, 0.15) is 5.41 Å². The summed E-state index contributed by atoms with van der Waals surface area (Å²) >= 11 is 0. The summed E-state index contributed by atoms with van der Waals surface area (Å²) < 4.78 is 0. The summed E-state index contributed by atoms with van der Waals surface area (Å²) in [6.45, 7) is 1.12. The summed E-state index contributed by atoms with van der Waals surface area (Å²) in [6.07, 6.45) is 5.25. The number of anilines is 1. The van der Waals surface area contributed by atoms with E-state index in [0.717, 1.165) is 34.6 Å². The van der Waals surface area contributed by atoms with Crippen molar-refractivity contribution in [1.29, 1.82) is 0 Å². The summed E-state index contributed by atoms with van der Waals surface area (Å²) in [5, 5.41) is 0. The number of nitrogen functional groups attached to an aromatic ring is 1. The molecular weight excluding hydrogens is 346 g/mol. The maximum Gasteiger partial charge on any atom is 0.333 e. The number of allylic oxidation sites excluding steroid dienone is 1. The summed E-state index contributed by atoms with van der Waals surface area (Å²) in [5.41, 5.74) is 5.72. The molecule has 1 saturated heterocycles. The molecule has 1 fully saturated rings. The van der Waals surface area contributed by atoms with Gasteiger partial charge in [0, 0.05) is 18.3 Å². The minimum atomic E-state index is -1.45. The molecule has 1 atom stereocenters. The van der Waals surface area contributed by atoms with Crippen LogP contribution >= 0.6 is 0 Å². The highest BCUT2D eigenvalue weighted by Crippen LogP contribution is 2.40. The first-order valence-corrected chi connectivity index (χ1v) is 8.99. The topological polar surface area (TPSA) is 101 Å². The lowest BCUT2D eigenvalue weighted by atomic mass is 9.73. The number of nitrogens with two attached hydrogens (primary N) is 1. The van der Waals surface area contributed by atoms with Gasteiger partial charge in [0.25, 0.3) is 5.91 Å². The monoisotopic (exact) mass is 369 g/mol. The lowest BCUT2D eigenvalue weighted by Crippen LogP contribution is -2.64. The molecule has 0 bridgehead atoms. The Morgan fingerprint density at radius 1 is 1.19 bits per heavy atom. The smallest absolute Gasteiger partial charge is 0.333 e. The Morgan fingerprint density at radius 2 is 1.93 bits per heavy atom. The number of hydrogen-bond donors (Lipinski definition) is 1. The Morgan fingerprint density at radius 3 is 2.56 bits per heavy atom. The van der Waals surface area contributed by atoms with Crippen molar-refractivity contribution in [1.82, 2.24) is 9.80 Å². The molecule has 142 valence electrons. The highest BCUT2D eigenvalue weighted by Gasteiger charge is 2.55. The molecule has 7 nitrogen and oxygen atoms in total. The van der Waals surface area contributed by atoms with Crippen molar-refractivity contribution in [3.63, 3.8) is 0 Å². The number of carbonyl (C=O) groups excluding carboxylic acids is 4. The van der Waals surface area contributed by atoms with E-state index in [4.69, 9.17) is 5.73 Å². The predicted octanol–water partition coefficient (Wildman–Crippen LogP) is 2.38. The van der Waals surface area contributed by atoms with Gasteiger partial charge in [0.2, 0.25) is 5.91 Å². The summed E-state index contributed by atoms with van der Waals surface area (Å²) in [4.78, 5) is 53.0. The van der Waals surface area contributed by atoms with E-state index in [-0.39, 0.29) is 0 Å². The van der Waals surface area contributed by atoms with E-state index >= 15 is 0 Å². The highest BCUT2D eigenvalue weighted by molar-refractivity contribution is 6.21. The average Bonchev–Trinajstić information content (AvgIpc) is 2.68. The van der Waals surface area contributed by atoms with E-state index in [1.54, 1.807) is 25.1 Å². The van der Waals surface area contributed by atoms with Gasteiger partial charge >= 0.3 is 6.03 Å². The number of ketones is 1. The van der Waals surface area contributed by atoms with Crippen LogP contribution < -0.4 is 5.73 Å². The molecule has 7 heteroatoms. The molecule has 1 aliphatic heterocycles. The Bertz CT molecular complexity index is 861. The van der Waals surface area contributed by atoms with Crippen molar-refractivity contribution in [2.24, 2.45) is 5.41 Å². The van der Waals surface area contributed by atoms with Gasteiger partial charge in [-0.2, -0.15) is 0 Å². The van der Waals surface area contributed by atoms with Crippen molar-refractivity contribution < 1.29 is 19.2 Å². The van der Waals surface area contributed by atoms with Gasteiger partial charge in [-0.25, -0.2) is 4.79 Å². The normalized spacial score (nSPS) is 23.5. The summed E-state index contributed by atoms with van der Waals surface area (Å²) in [6, 6.07) is 5.58. The molecule has 3 rings (SSSR count). The lowest BCUT2D eigenvalue weighted by Gasteiger charge is -2.42. The third-order valence-corrected chi connectivity index (χ3v) is 5.37. The van der Waals surface area contributed by atoms with Crippen LogP contribution in [0.4, 0.5) is 10.5 Å². The SMILES string of the molecule is CN1C(=O)N(CC(=O)c2cccc(N)c2)C(=O)C(C)(C2=CCCCC2)C1=O. The number of barbiturate groups is 1. The zero-order valence-corrected chi connectivity index (χ0v) is 15.5. The van der Waals surface area contributed by atoms with E-state index in [0.29, 0.717) is 17.7 Å². The van der Waals surface area contributed by atoms with Crippen LogP contribution in [0.15, 0.2) is 35.9 Å². The first-order valence-electron chi connectivity index (χ1n) is 8.99.